The standard InChI is InChI=1S/2C5H8O3.Ca.2H2O/c2*1-3(2)4(6)5(7)8;;;/h2*3H,1-2H3,(H,7,8);;2*1H2/q;;+2;;/p-2. The van der Waals surface area contributed by atoms with Crippen molar-refractivity contribution in [3.05, 3.63) is 0 Å². The summed E-state index contributed by atoms with van der Waals surface area (Å²) < 4.78 is 0. The maximum absolute atomic E-state index is 10.2. The Kier molecular flexibility index (Phi) is 25.4. The maximum Gasteiger partial charge on any atom is 2.00 e. The molecule has 0 aromatic carbocycles. The van der Waals surface area contributed by atoms with Crippen molar-refractivity contribution in [2.75, 3.05) is 0 Å². The molecule has 0 radical (unpaired) electrons. The molecule has 9 heteroatoms. The van der Waals surface area contributed by atoms with Crippen molar-refractivity contribution in [2.24, 2.45) is 11.8 Å². The van der Waals surface area contributed by atoms with Crippen LogP contribution >= 0.6 is 0 Å². The summed E-state index contributed by atoms with van der Waals surface area (Å²) in [7, 11) is 0. The Bertz CT molecular complexity index is 268. The number of hydrogen-bond acceptors (Lipinski definition) is 6. The largest absolute Gasteiger partial charge is 2.00 e. The Morgan fingerprint density at radius 1 is 0.684 bits per heavy atom. The number of carbonyl (C=O) groups excluding carboxylic acids is 4. The van der Waals surface area contributed by atoms with Gasteiger partial charge in [0, 0.05) is 11.8 Å². The summed E-state index contributed by atoms with van der Waals surface area (Å²) in [5.74, 6) is -5.80. The van der Waals surface area contributed by atoms with Crippen LogP contribution in [0.4, 0.5) is 0 Å². The van der Waals surface area contributed by atoms with Gasteiger partial charge in [-0.05, 0) is 0 Å². The second-order valence-electron chi connectivity index (χ2n) is 3.61. The van der Waals surface area contributed by atoms with Gasteiger partial charge in [0.15, 0.2) is 11.6 Å². The Hall–Kier alpha value is -0.540. The molecule has 0 atom stereocenters. The van der Waals surface area contributed by atoms with Gasteiger partial charge in [-0.2, -0.15) is 0 Å². The zero-order chi connectivity index (χ0) is 13.5. The van der Waals surface area contributed by atoms with E-state index in [2.05, 4.69) is 0 Å². The van der Waals surface area contributed by atoms with E-state index in [-0.39, 0.29) is 48.7 Å². The Morgan fingerprint density at radius 2 is 0.842 bits per heavy atom. The smallest absolute Gasteiger partial charge is 0.542 e. The summed E-state index contributed by atoms with van der Waals surface area (Å²) >= 11 is 0. The summed E-state index contributed by atoms with van der Waals surface area (Å²) in [6, 6.07) is 0. The summed E-state index contributed by atoms with van der Waals surface area (Å²) in [6.45, 7) is 6.05. The number of carboxylic acids is 2. The molecule has 0 spiro atoms. The molecule has 0 amide bonds. The number of Topliss-reactive ketones (excluding diaryl/α,β-unsaturated/α-hetero) is 2. The number of carbonyl (C=O) groups is 4. The third-order valence-corrected chi connectivity index (χ3v) is 1.45. The molecule has 0 unspecified atom stereocenters. The molecule has 0 saturated carbocycles. The van der Waals surface area contributed by atoms with E-state index >= 15 is 0 Å². The number of carboxylic acid groups (broad SMARTS) is 2. The Balaban J connectivity index is -0.0000000594. The molecule has 0 heterocycles. The van der Waals surface area contributed by atoms with Crippen molar-refractivity contribution in [2.45, 2.75) is 27.7 Å². The van der Waals surface area contributed by atoms with E-state index in [0.29, 0.717) is 0 Å². The SMILES string of the molecule is CC(C)C(=O)C(=O)[O-].CC(C)C(=O)C(=O)[O-].O.O.[Ca+2]. The summed E-state index contributed by atoms with van der Waals surface area (Å²) in [5, 5.41) is 19.4. The molecule has 108 valence electrons. The van der Waals surface area contributed by atoms with E-state index in [1.807, 2.05) is 0 Å². The predicted octanol–water partition coefficient (Wildman–Crippen LogP) is -4.11. The normalized spacial score (nSPS) is 7.89. The molecule has 8 nitrogen and oxygen atoms in total. The van der Waals surface area contributed by atoms with Gasteiger partial charge in [-0.3, -0.25) is 9.59 Å². The number of hydrogen-bond donors (Lipinski definition) is 0. The van der Waals surface area contributed by atoms with Crippen LogP contribution in [0.25, 0.3) is 0 Å². The molecule has 0 aliphatic rings. The van der Waals surface area contributed by atoms with Crippen LogP contribution in [-0.4, -0.2) is 72.2 Å². The zero-order valence-corrected chi connectivity index (χ0v) is 13.5. The maximum atomic E-state index is 10.2. The van der Waals surface area contributed by atoms with Gasteiger partial charge in [0.2, 0.25) is 0 Å². The van der Waals surface area contributed by atoms with E-state index in [9.17, 15) is 29.4 Å². The van der Waals surface area contributed by atoms with Crippen molar-refractivity contribution in [3.8, 4) is 0 Å². The predicted molar refractivity (Wildman–Crippen MR) is 62.7 cm³/mol. The molecule has 4 N–H and O–H groups in total. The molecular weight excluding hydrogens is 288 g/mol. The third-order valence-electron chi connectivity index (χ3n) is 1.45. The second-order valence-corrected chi connectivity index (χ2v) is 3.61. The van der Waals surface area contributed by atoms with Gasteiger partial charge in [-0.15, -0.1) is 0 Å². The zero-order valence-electron chi connectivity index (χ0n) is 11.3. The van der Waals surface area contributed by atoms with Crippen LogP contribution in [0.1, 0.15) is 27.7 Å². The van der Waals surface area contributed by atoms with Crippen molar-refractivity contribution in [1.82, 2.24) is 0 Å². The van der Waals surface area contributed by atoms with Crippen molar-refractivity contribution >= 4 is 61.2 Å². The number of rotatable bonds is 4. The molecular formula is C10H18CaO8. The van der Waals surface area contributed by atoms with Crippen LogP contribution in [0.3, 0.4) is 0 Å². The van der Waals surface area contributed by atoms with Gasteiger partial charge in [0.25, 0.3) is 0 Å². The van der Waals surface area contributed by atoms with E-state index in [0.717, 1.165) is 0 Å². The fraction of sp³-hybridized carbons (Fsp3) is 0.600. The molecule has 0 saturated heterocycles. The van der Waals surface area contributed by atoms with Crippen LogP contribution in [0.15, 0.2) is 0 Å². The topological polar surface area (TPSA) is 177 Å². The first kappa shape index (κ1) is 31.1. The van der Waals surface area contributed by atoms with Crippen LogP contribution < -0.4 is 10.2 Å². The summed E-state index contributed by atoms with van der Waals surface area (Å²) in [4.78, 5) is 39.7. The first-order chi connectivity index (χ1) is 7.11. The molecule has 0 bridgehead atoms. The van der Waals surface area contributed by atoms with E-state index in [4.69, 9.17) is 0 Å². The quantitative estimate of drug-likeness (QED) is 0.376. The molecule has 0 aromatic heterocycles. The number of aliphatic carboxylic acids is 2. The minimum atomic E-state index is -1.60. The minimum absolute atomic E-state index is 0. The van der Waals surface area contributed by atoms with E-state index in [1.165, 1.54) is 27.7 Å². The Labute approximate surface area is 140 Å². The second kappa shape index (κ2) is 15.5. The van der Waals surface area contributed by atoms with Crippen LogP contribution in [0, 0.1) is 11.8 Å². The average molecular weight is 306 g/mol. The van der Waals surface area contributed by atoms with Crippen LogP contribution in [-0.2, 0) is 19.2 Å². The van der Waals surface area contributed by atoms with E-state index < -0.39 is 35.3 Å². The molecule has 0 fully saturated rings. The van der Waals surface area contributed by atoms with Crippen molar-refractivity contribution in [3.63, 3.8) is 0 Å². The molecule has 19 heavy (non-hydrogen) atoms. The number of ketones is 2. The van der Waals surface area contributed by atoms with Crippen LogP contribution in [0.2, 0.25) is 0 Å². The van der Waals surface area contributed by atoms with Gasteiger partial charge < -0.3 is 30.8 Å². The third kappa shape index (κ3) is 17.5. The summed E-state index contributed by atoms with van der Waals surface area (Å²) in [5.41, 5.74) is 0. The fourth-order valence-corrected chi connectivity index (χ4v) is 0.471. The Morgan fingerprint density at radius 3 is 0.842 bits per heavy atom. The molecule has 0 aromatic rings. The van der Waals surface area contributed by atoms with Gasteiger partial charge in [0.1, 0.15) is 11.9 Å². The fourth-order valence-electron chi connectivity index (χ4n) is 0.471. The minimum Gasteiger partial charge on any atom is -0.542 e. The van der Waals surface area contributed by atoms with Crippen LogP contribution in [0.5, 0.6) is 0 Å². The van der Waals surface area contributed by atoms with Gasteiger partial charge in [0.05, 0.1) is 0 Å². The van der Waals surface area contributed by atoms with E-state index in [1.54, 1.807) is 0 Å². The van der Waals surface area contributed by atoms with Gasteiger partial charge in [-0.1, -0.05) is 27.7 Å². The molecule has 0 aliphatic carbocycles. The van der Waals surface area contributed by atoms with Gasteiger partial charge in [-0.25, -0.2) is 0 Å². The average Bonchev–Trinajstić information content (AvgIpc) is 2.15. The summed E-state index contributed by atoms with van der Waals surface area (Å²) in [6.07, 6.45) is 0. The molecule has 0 aliphatic heterocycles. The molecule has 0 rings (SSSR count). The van der Waals surface area contributed by atoms with Crippen molar-refractivity contribution < 1.29 is 40.3 Å². The first-order valence-electron chi connectivity index (χ1n) is 4.61. The van der Waals surface area contributed by atoms with Crippen molar-refractivity contribution in [1.29, 1.82) is 0 Å². The first-order valence-corrected chi connectivity index (χ1v) is 4.61. The monoisotopic (exact) mass is 306 g/mol. The van der Waals surface area contributed by atoms with Gasteiger partial charge >= 0.3 is 37.7 Å².